The number of hydrogen-bond acceptors (Lipinski definition) is 4. The van der Waals surface area contributed by atoms with E-state index in [4.69, 9.17) is 14.2 Å². The Labute approximate surface area is 147 Å². The second-order valence-electron chi connectivity index (χ2n) is 6.11. The van der Waals surface area contributed by atoms with Crippen LogP contribution in [0.25, 0.3) is 0 Å². The number of amides is 1. The highest BCUT2D eigenvalue weighted by atomic mass is 16.5. The van der Waals surface area contributed by atoms with E-state index in [0.717, 1.165) is 18.4 Å². The van der Waals surface area contributed by atoms with Gasteiger partial charge in [0.25, 0.3) is 5.91 Å². The van der Waals surface area contributed by atoms with Gasteiger partial charge in [-0.2, -0.15) is 0 Å². The summed E-state index contributed by atoms with van der Waals surface area (Å²) >= 11 is 0. The van der Waals surface area contributed by atoms with Gasteiger partial charge in [0.1, 0.15) is 5.75 Å². The maximum atomic E-state index is 12.9. The lowest BCUT2D eigenvalue weighted by Gasteiger charge is -2.20. The van der Waals surface area contributed by atoms with E-state index < -0.39 is 0 Å². The molecule has 1 amide bonds. The molecule has 2 aromatic rings. The number of ether oxygens (including phenoxy) is 3. The average Bonchev–Trinajstić information content (AvgIpc) is 3.50. The summed E-state index contributed by atoms with van der Waals surface area (Å²) in [4.78, 5) is 12.9. The van der Waals surface area contributed by atoms with Crippen LogP contribution in [0.15, 0.2) is 42.5 Å². The standard InChI is InChI=1S/C20H23NO4/c1-23-16-12-18(25-3)17(24-2)11-15(16)20(22)21-19(14-9-10-14)13-7-5-4-6-8-13/h4-8,11-12,14,19H,9-10H2,1-3H3,(H,21,22)/t19-/m0/s1. The number of rotatable bonds is 7. The van der Waals surface area contributed by atoms with E-state index in [1.54, 1.807) is 26.4 Å². The summed E-state index contributed by atoms with van der Waals surface area (Å²) < 4.78 is 16.0. The Morgan fingerprint density at radius 3 is 2.12 bits per heavy atom. The molecule has 2 aromatic carbocycles. The highest BCUT2D eigenvalue weighted by molar-refractivity contribution is 5.98. The Morgan fingerprint density at radius 2 is 1.56 bits per heavy atom. The minimum absolute atomic E-state index is 0.00602. The van der Waals surface area contributed by atoms with Crippen LogP contribution in [0.5, 0.6) is 17.2 Å². The van der Waals surface area contributed by atoms with E-state index in [1.807, 2.05) is 18.2 Å². The van der Waals surface area contributed by atoms with Gasteiger partial charge in [0.2, 0.25) is 0 Å². The number of carbonyl (C=O) groups is 1. The van der Waals surface area contributed by atoms with E-state index in [9.17, 15) is 4.79 Å². The Balaban J connectivity index is 1.89. The van der Waals surface area contributed by atoms with Gasteiger partial charge < -0.3 is 19.5 Å². The van der Waals surface area contributed by atoms with Crippen molar-refractivity contribution < 1.29 is 19.0 Å². The van der Waals surface area contributed by atoms with Crippen LogP contribution in [0.3, 0.4) is 0 Å². The molecule has 0 heterocycles. The van der Waals surface area contributed by atoms with Crippen LogP contribution in [0.1, 0.15) is 34.8 Å². The summed E-state index contributed by atoms with van der Waals surface area (Å²) in [5.41, 5.74) is 1.56. The molecule has 0 radical (unpaired) electrons. The maximum absolute atomic E-state index is 12.9. The second kappa shape index (κ2) is 7.47. The zero-order valence-electron chi connectivity index (χ0n) is 14.7. The SMILES string of the molecule is COc1cc(OC)c(C(=O)N[C@@H](c2ccccc2)C2CC2)cc1OC. The molecule has 1 N–H and O–H groups in total. The van der Waals surface area contributed by atoms with Crippen molar-refractivity contribution in [1.82, 2.24) is 5.32 Å². The smallest absolute Gasteiger partial charge is 0.255 e. The van der Waals surface area contributed by atoms with Gasteiger partial charge in [-0.05, 0) is 24.3 Å². The Kier molecular flexibility index (Phi) is 5.12. The molecule has 132 valence electrons. The van der Waals surface area contributed by atoms with E-state index >= 15 is 0 Å². The van der Waals surface area contributed by atoms with Crippen LogP contribution >= 0.6 is 0 Å². The molecule has 1 saturated carbocycles. The molecule has 0 aliphatic heterocycles. The van der Waals surface area contributed by atoms with Crippen LogP contribution in [0.2, 0.25) is 0 Å². The van der Waals surface area contributed by atoms with E-state index in [1.165, 1.54) is 7.11 Å². The molecular formula is C20H23NO4. The number of hydrogen-bond donors (Lipinski definition) is 1. The normalized spacial score (nSPS) is 14.5. The fourth-order valence-electron chi connectivity index (χ4n) is 2.99. The summed E-state index contributed by atoms with van der Waals surface area (Å²) in [6.45, 7) is 0. The molecule has 0 spiro atoms. The molecule has 0 bridgehead atoms. The first kappa shape index (κ1) is 17.1. The first-order valence-electron chi connectivity index (χ1n) is 8.33. The highest BCUT2D eigenvalue weighted by Gasteiger charge is 2.34. The second-order valence-corrected chi connectivity index (χ2v) is 6.11. The average molecular weight is 341 g/mol. The maximum Gasteiger partial charge on any atom is 0.255 e. The van der Waals surface area contributed by atoms with Gasteiger partial charge in [-0.3, -0.25) is 4.79 Å². The lowest BCUT2D eigenvalue weighted by molar-refractivity contribution is 0.0928. The third kappa shape index (κ3) is 3.71. The molecule has 0 aromatic heterocycles. The predicted molar refractivity (Wildman–Crippen MR) is 95.5 cm³/mol. The van der Waals surface area contributed by atoms with Crippen molar-refractivity contribution in [3.05, 3.63) is 53.6 Å². The van der Waals surface area contributed by atoms with Gasteiger partial charge in [-0.25, -0.2) is 0 Å². The molecule has 1 atom stereocenters. The fraction of sp³-hybridized carbons (Fsp3) is 0.350. The van der Waals surface area contributed by atoms with Crippen LogP contribution in [0.4, 0.5) is 0 Å². The summed E-state index contributed by atoms with van der Waals surface area (Å²) in [7, 11) is 4.63. The van der Waals surface area contributed by atoms with E-state index in [0.29, 0.717) is 28.7 Å². The summed E-state index contributed by atoms with van der Waals surface area (Å²) in [5.74, 6) is 1.78. The van der Waals surface area contributed by atoms with Crippen molar-refractivity contribution in [2.24, 2.45) is 5.92 Å². The van der Waals surface area contributed by atoms with Crippen molar-refractivity contribution in [2.45, 2.75) is 18.9 Å². The lowest BCUT2D eigenvalue weighted by atomic mass is 10.0. The Bertz CT molecular complexity index is 741. The van der Waals surface area contributed by atoms with Crippen LogP contribution < -0.4 is 19.5 Å². The lowest BCUT2D eigenvalue weighted by Crippen LogP contribution is -2.30. The van der Waals surface area contributed by atoms with Crippen LogP contribution in [-0.2, 0) is 0 Å². The molecule has 0 saturated heterocycles. The summed E-state index contributed by atoms with van der Waals surface area (Å²) in [5, 5.41) is 3.16. The van der Waals surface area contributed by atoms with Gasteiger partial charge in [0, 0.05) is 12.1 Å². The van der Waals surface area contributed by atoms with Crippen LogP contribution in [0, 0.1) is 5.92 Å². The van der Waals surface area contributed by atoms with Gasteiger partial charge in [0.15, 0.2) is 11.5 Å². The van der Waals surface area contributed by atoms with Gasteiger partial charge >= 0.3 is 0 Å². The molecule has 3 rings (SSSR count). The number of benzene rings is 2. The van der Waals surface area contributed by atoms with Crippen molar-refractivity contribution in [3.63, 3.8) is 0 Å². The number of carbonyl (C=O) groups excluding carboxylic acids is 1. The first-order valence-corrected chi connectivity index (χ1v) is 8.33. The first-order chi connectivity index (χ1) is 12.2. The quantitative estimate of drug-likeness (QED) is 0.836. The van der Waals surface area contributed by atoms with E-state index in [2.05, 4.69) is 17.4 Å². The minimum Gasteiger partial charge on any atom is -0.496 e. The van der Waals surface area contributed by atoms with E-state index in [-0.39, 0.29) is 11.9 Å². The molecule has 0 unspecified atom stereocenters. The largest absolute Gasteiger partial charge is 0.496 e. The Morgan fingerprint density at radius 1 is 0.960 bits per heavy atom. The van der Waals surface area contributed by atoms with Crippen molar-refractivity contribution in [3.8, 4) is 17.2 Å². The van der Waals surface area contributed by atoms with Crippen LogP contribution in [-0.4, -0.2) is 27.2 Å². The molecule has 1 aliphatic rings. The fourth-order valence-corrected chi connectivity index (χ4v) is 2.99. The molecular weight excluding hydrogens is 318 g/mol. The number of methoxy groups -OCH3 is 3. The van der Waals surface area contributed by atoms with Gasteiger partial charge in [0.05, 0.1) is 32.9 Å². The zero-order chi connectivity index (χ0) is 17.8. The monoisotopic (exact) mass is 341 g/mol. The molecule has 1 aliphatic carbocycles. The summed E-state index contributed by atoms with van der Waals surface area (Å²) in [6.07, 6.45) is 2.26. The topological polar surface area (TPSA) is 56.8 Å². The van der Waals surface area contributed by atoms with Gasteiger partial charge in [-0.1, -0.05) is 30.3 Å². The zero-order valence-corrected chi connectivity index (χ0v) is 14.7. The minimum atomic E-state index is -0.182. The molecule has 1 fully saturated rings. The number of nitrogens with one attached hydrogen (secondary N) is 1. The van der Waals surface area contributed by atoms with Crippen molar-refractivity contribution >= 4 is 5.91 Å². The van der Waals surface area contributed by atoms with Crippen molar-refractivity contribution in [2.75, 3.05) is 21.3 Å². The summed E-state index contributed by atoms with van der Waals surface area (Å²) in [6, 6.07) is 13.4. The molecule has 5 heteroatoms. The highest BCUT2D eigenvalue weighted by Crippen LogP contribution is 2.41. The van der Waals surface area contributed by atoms with Crippen molar-refractivity contribution in [1.29, 1.82) is 0 Å². The third-order valence-electron chi connectivity index (χ3n) is 4.49. The third-order valence-corrected chi connectivity index (χ3v) is 4.49. The van der Waals surface area contributed by atoms with Gasteiger partial charge in [-0.15, -0.1) is 0 Å². The molecule has 25 heavy (non-hydrogen) atoms. The molecule has 5 nitrogen and oxygen atoms in total. The Hall–Kier alpha value is -2.69. The predicted octanol–water partition coefficient (Wildman–Crippen LogP) is 3.59.